The number of carbonyl (C=O) groups excluding carboxylic acids is 2. The third-order valence-corrected chi connectivity index (χ3v) is 3.98. The van der Waals surface area contributed by atoms with Gasteiger partial charge in [-0.2, -0.15) is 0 Å². The van der Waals surface area contributed by atoms with Gasteiger partial charge in [0.25, 0.3) is 0 Å². The molecule has 1 heterocycles. The summed E-state index contributed by atoms with van der Waals surface area (Å²) in [4.78, 5) is 25.0. The Morgan fingerprint density at radius 1 is 1.09 bits per heavy atom. The quantitative estimate of drug-likeness (QED) is 0.805. The molecule has 22 heavy (non-hydrogen) atoms. The predicted molar refractivity (Wildman–Crippen MR) is 90.5 cm³/mol. The Bertz CT molecular complexity index is 662. The zero-order valence-electron chi connectivity index (χ0n) is 12.3. The zero-order valence-corrected chi connectivity index (χ0v) is 13.2. The van der Waals surface area contributed by atoms with E-state index >= 15 is 0 Å². The third kappa shape index (κ3) is 4.86. The van der Waals surface area contributed by atoms with Crippen molar-refractivity contribution in [1.29, 1.82) is 0 Å². The molecular weight excluding hydrogens is 296 g/mol. The number of carbonyl (C=O) groups is 2. The van der Waals surface area contributed by atoms with Gasteiger partial charge in [-0.3, -0.25) is 9.59 Å². The average molecular weight is 314 g/mol. The van der Waals surface area contributed by atoms with Crippen LogP contribution in [0.5, 0.6) is 0 Å². The number of amides is 2. The molecule has 0 fully saturated rings. The lowest BCUT2D eigenvalue weighted by Gasteiger charge is -2.01. The van der Waals surface area contributed by atoms with E-state index in [0.717, 1.165) is 15.3 Å². The lowest BCUT2D eigenvalue weighted by atomic mass is 10.2. The molecule has 2 aromatic rings. The highest BCUT2D eigenvalue weighted by Crippen LogP contribution is 2.28. The van der Waals surface area contributed by atoms with Crippen molar-refractivity contribution in [3.63, 3.8) is 0 Å². The SMILES string of the molecule is CCNC(=O)CNC(=O)/C=C/c1ccc(-c2ccccc2)s1. The fourth-order valence-electron chi connectivity index (χ4n) is 1.84. The summed E-state index contributed by atoms with van der Waals surface area (Å²) >= 11 is 1.61. The highest BCUT2D eigenvalue weighted by atomic mass is 32.1. The van der Waals surface area contributed by atoms with E-state index in [4.69, 9.17) is 0 Å². The van der Waals surface area contributed by atoms with Crippen LogP contribution in [0, 0.1) is 0 Å². The molecule has 0 atom stereocenters. The fourth-order valence-corrected chi connectivity index (χ4v) is 2.76. The minimum atomic E-state index is -0.277. The molecule has 5 heteroatoms. The summed E-state index contributed by atoms with van der Waals surface area (Å²) in [5.41, 5.74) is 1.16. The number of likely N-dealkylation sites (N-methyl/N-ethyl adjacent to an activating group) is 1. The summed E-state index contributed by atoms with van der Waals surface area (Å²) in [6.07, 6.45) is 3.20. The van der Waals surface area contributed by atoms with E-state index in [0.29, 0.717) is 6.54 Å². The molecule has 1 aromatic carbocycles. The summed E-state index contributed by atoms with van der Waals surface area (Å²) < 4.78 is 0. The van der Waals surface area contributed by atoms with Crippen LogP contribution < -0.4 is 10.6 Å². The van der Waals surface area contributed by atoms with Crippen LogP contribution in [0.2, 0.25) is 0 Å². The first-order chi connectivity index (χ1) is 10.7. The maximum Gasteiger partial charge on any atom is 0.244 e. The first-order valence-electron chi connectivity index (χ1n) is 7.07. The van der Waals surface area contributed by atoms with Crippen LogP contribution in [0.3, 0.4) is 0 Å². The van der Waals surface area contributed by atoms with Crippen molar-refractivity contribution in [2.24, 2.45) is 0 Å². The second kappa shape index (κ2) is 8.14. The molecule has 0 saturated carbocycles. The number of rotatable bonds is 6. The minimum Gasteiger partial charge on any atom is -0.355 e. The summed E-state index contributed by atoms with van der Waals surface area (Å²) in [5.74, 6) is -0.465. The summed E-state index contributed by atoms with van der Waals surface area (Å²) in [6, 6.07) is 14.1. The van der Waals surface area contributed by atoms with Crippen LogP contribution in [0.25, 0.3) is 16.5 Å². The fraction of sp³-hybridized carbons (Fsp3) is 0.176. The van der Waals surface area contributed by atoms with Crippen molar-refractivity contribution in [3.05, 3.63) is 53.4 Å². The Kier molecular flexibility index (Phi) is 5.91. The Balaban J connectivity index is 1.90. The molecule has 0 spiro atoms. The number of benzene rings is 1. The molecule has 0 bridgehead atoms. The second-order valence-corrected chi connectivity index (χ2v) is 5.69. The molecule has 0 aliphatic carbocycles. The minimum absolute atomic E-state index is 0.00325. The van der Waals surface area contributed by atoms with Gasteiger partial charge >= 0.3 is 0 Å². The van der Waals surface area contributed by atoms with Gasteiger partial charge in [0.2, 0.25) is 11.8 Å². The zero-order chi connectivity index (χ0) is 15.8. The Hall–Kier alpha value is -2.40. The van der Waals surface area contributed by atoms with E-state index in [-0.39, 0.29) is 18.4 Å². The van der Waals surface area contributed by atoms with Gasteiger partial charge in [-0.25, -0.2) is 0 Å². The van der Waals surface area contributed by atoms with Crippen LogP contribution in [-0.2, 0) is 9.59 Å². The molecule has 2 rings (SSSR count). The third-order valence-electron chi connectivity index (χ3n) is 2.88. The molecule has 2 amide bonds. The highest BCUT2D eigenvalue weighted by molar-refractivity contribution is 7.16. The number of hydrogen-bond donors (Lipinski definition) is 2. The monoisotopic (exact) mass is 314 g/mol. The molecule has 0 unspecified atom stereocenters. The van der Waals surface area contributed by atoms with E-state index < -0.39 is 0 Å². The Morgan fingerprint density at radius 3 is 2.59 bits per heavy atom. The van der Waals surface area contributed by atoms with Crippen LogP contribution in [0.1, 0.15) is 11.8 Å². The molecule has 1 aromatic heterocycles. The summed E-state index contributed by atoms with van der Waals surface area (Å²) in [5, 5.41) is 5.16. The molecule has 2 N–H and O–H groups in total. The van der Waals surface area contributed by atoms with Crippen molar-refractivity contribution in [1.82, 2.24) is 10.6 Å². The predicted octanol–water partition coefficient (Wildman–Crippen LogP) is 2.68. The highest BCUT2D eigenvalue weighted by Gasteiger charge is 2.03. The van der Waals surface area contributed by atoms with Gasteiger partial charge in [-0.15, -0.1) is 11.3 Å². The van der Waals surface area contributed by atoms with E-state index in [9.17, 15) is 9.59 Å². The summed E-state index contributed by atoms with van der Waals surface area (Å²) in [6.45, 7) is 2.39. The van der Waals surface area contributed by atoms with E-state index in [2.05, 4.69) is 22.8 Å². The maximum absolute atomic E-state index is 11.6. The van der Waals surface area contributed by atoms with Crippen LogP contribution >= 0.6 is 11.3 Å². The van der Waals surface area contributed by atoms with E-state index in [1.807, 2.05) is 37.3 Å². The van der Waals surface area contributed by atoms with Gasteiger partial charge in [-0.1, -0.05) is 30.3 Å². The van der Waals surface area contributed by atoms with Crippen molar-refractivity contribution in [2.45, 2.75) is 6.92 Å². The van der Waals surface area contributed by atoms with Gasteiger partial charge in [0.15, 0.2) is 0 Å². The lowest BCUT2D eigenvalue weighted by molar-refractivity contribution is -0.123. The van der Waals surface area contributed by atoms with Crippen LogP contribution in [0.4, 0.5) is 0 Å². The Morgan fingerprint density at radius 2 is 1.86 bits per heavy atom. The van der Waals surface area contributed by atoms with Gasteiger partial charge < -0.3 is 10.6 Å². The van der Waals surface area contributed by atoms with Crippen molar-refractivity contribution < 1.29 is 9.59 Å². The van der Waals surface area contributed by atoms with E-state index in [1.165, 1.54) is 6.08 Å². The van der Waals surface area contributed by atoms with Crippen molar-refractivity contribution in [2.75, 3.05) is 13.1 Å². The van der Waals surface area contributed by atoms with Gasteiger partial charge in [0.05, 0.1) is 6.54 Å². The number of thiophene rings is 1. The lowest BCUT2D eigenvalue weighted by Crippen LogP contribution is -2.35. The topological polar surface area (TPSA) is 58.2 Å². The summed E-state index contributed by atoms with van der Waals surface area (Å²) in [7, 11) is 0. The molecule has 0 aliphatic heterocycles. The van der Waals surface area contributed by atoms with Crippen molar-refractivity contribution >= 4 is 29.2 Å². The normalized spacial score (nSPS) is 10.6. The second-order valence-electron chi connectivity index (χ2n) is 4.57. The van der Waals surface area contributed by atoms with Gasteiger partial charge in [-0.05, 0) is 30.7 Å². The molecule has 0 saturated heterocycles. The average Bonchev–Trinajstić information content (AvgIpc) is 3.01. The van der Waals surface area contributed by atoms with Crippen LogP contribution in [-0.4, -0.2) is 24.9 Å². The van der Waals surface area contributed by atoms with Gasteiger partial charge in [0.1, 0.15) is 0 Å². The number of hydrogen-bond acceptors (Lipinski definition) is 3. The Labute approximate surface area is 133 Å². The molecular formula is C17H18N2O2S. The molecule has 114 valence electrons. The first-order valence-corrected chi connectivity index (χ1v) is 7.88. The van der Waals surface area contributed by atoms with Crippen LogP contribution in [0.15, 0.2) is 48.5 Å². The van der Waals surface area contributed by atoms with Gasteiger partial charge in [0, 0.05) is 22.4 Å². The first kappa shape index (κ1) is 16.0. The standard InChI is InChI=1S/C17H18N2O2S/c1-2-18-17(21)12-19-16(20)11-9-14-8-10-15(22-14)13-6-4-3-5-7-13/h3-11H,2,12H2,1H3,(H,18,21)(H,19,20)/b11-9+. The largest absolute Gasteiger partial charge is 0.355 e. The van der Waals surface area contributed by atoms with Crippen molar-refractivity contribution in [3.8, 4) is 10.4 Å². The van der Waals surface area contributed by atoms with E-state index in [1.54, 1.807) is 17.4 Å². The number of nitrogens with one attached hydrogen (secondary N) is 2. The molecule has 0 aliphatic rings. The smallest absolute Gasteiger partial charge is 0.244 e. The molecule has 0 radical (unpaired) electrons. The molecule has 4 nitrogen and oxygen atoms in total. The maximum atomic E-state index is 11.6.